The van der Waals surface area contributed by atoms with Crippen molar-refractivity contribution in [2.75, 3.05) is 29.9 Å². The topological polar surface area (TPSA) is 77.2 Å². The van der Waals surface area contributed by atoms with E-state index in [2.05, 4.69) is 25.2 Å². The van der Waals surface area contributed by atoms with Crippen molar-refractivity contribution in [1.82, 2.24) is 19.9 Å². The Balaban J connectivity index is 1.34. The zero-order chi connectivity index (χ0) is 22.2. The van der Waals surface area contributed by atoms with Gasteiger partial charge in [0.1, 0.15) is 23.8 Å². The molecule has 2 aromatic heterocycles. The lowest BCUT2D eigenvalue weighted by atomic mass is 9.91. The molecular weight excluding hydrogens is 447 g/mol. The third-order valence-electron chi connectivity index (χ3n) is 6.69. The molecular formula is C23H26Cl2N6O. The lowest BCUT2D eigenvalue weighted by molar-refractivity contribution is -0.133. The molecule has 0 saturated carbocycles. The van der Waals surface area contributed by atoms with Crippen LogP contribution in [0.4, 0.5) is 11.5 Å². The number of aromatic amines is 1. The first-order chi connectivity index (χ1) is 15.5. The summed E-state index contributed by atoms with van der Waals surface area (Å²) in [5, 5.41) is 5.46. The maximum atomic E-state index is 13.5. The first-order valence-electron chi connectivity index (χ1n) is 11.1. The van der Waals surface area contributed by atoms with E-state index in [0.717, 1.165) is 48.5 Å². The molecule has 32 heavy (non-hydrogen) atoms. The van der Waals surface area contributed by atoms with E-state index < -0.39 is 0 Å². The van der Waals surface area contributed by atoms with E-state index in [1.807, 2.05) is 24.1 Å². The van der Waals surface area contributed by atoms with Gasteiger partial charge in [-0.2, -0.15) is 0 Å². The molecule has 2 aliphatic heterocycles. The van der Waals surface area contributed by atoms with Gasteiger partial charge in [0.2, 0.25) is 5.91 Å². The molecule has 2 unspecified atom stereocenters. The van der Waals surface area contributed by atoms with E-state index in [1.165, 1.54) is 0 Å². The van der Waals surface area contributed by atoms with Gasteiger partial charge in [0.25, 0.3) is 0 Å². The number of hydrogen-bond acceptors (Lipinski definition) is 5. The zero-order valence-corrected chi connectivity index (χ0v) is 19.4. The number of nitrogens with zero attached hydrogens (tertiary/aromatic N) is 4. The number of nitrogens with one attached hydrogen (secondary N) is 2. The van der Waals surface area contributed by atoms with Crippen LogP contribution < -0.4 is 10.2 Å². The highest BCUT2D eigenvalue weighted by molar-refractivity contribution is 6.35. The van der Waals surface area contributed by atoms with Crippen molar-refractivity contribution < 1.29 is 4.79 Å². The summed E-state index contributed by atoms with van der Waals surface area (Å²) in [6.45, 7) is 4.45. The van der Waals surface area contributed by atoms with E-state index in [9.17, 15) is 4.79 Å². The first-order valence-corrected chi connectivity index (χ1v) is 11.8. The number of amides is 1. The van der Waals surface area contributed by atoms with E-state index >= 15 is 0 Å². The molecule has 0 aliphatic carbocycles. The molecule has 1 aromatic carbocycles. The Kier molecular flexibility index (Phi) is 5.86. The van der Waals surface area contributed by atoms with Crippen LogP contribution in [0.2, 0.25) is 10.0 Å². The van der Waals surface area contributed by atoms with Crippen molar-refractivity contribution in [3.05, 3.63) is 46.8 Å². The van der Waals surface area contributed by atoms with Gasteiger partial charge in [-0.1, -0.05) is 30.1 Å². The van der Waals surface area contributed by atoms with Crippen LogP contribution >= 0.6 is 23.2 Å². The Morgan fingerprint density at radius 2 is 2.00 bits per heavy atom. The van der Waals surface area contributed by atoms with Gasteiger partial charge < -0.3 is 20.1 Å². The van der Waals surface area contributed by atoms with Crippen molar-refractivity contribution in [3.8, 4) is 0 Å². The summed E-state index contributed by atoms with van der Waals surface area (Å²) in [6.07, 6.45) is 6.31. The van der Waals surface area contributed by atoms with Gasteiger partial charge in [0.05, 0.1) is 11.4 Å². The fourth-order valence-electron chi connectivity index (χ4n) is 5.09. The first kappa shape index (κ1) is 21.3. The normalized spacial score (nSPS) is 21.6. The predicted octanol–water partition coefficient (Wildman–Crippen LogP) is 4.58. The maximum Gasteiger partial charge on any atom is 0.245 e. The smallest absolute Gasteiger partial charge is 0.245 e. The van der Waals surface area contributed by atoms with E-state index in [-0.39, 0.29) is 18.0 Å². The molecule has 0 radical (unpaired) electrons. The van der Waals surface area contributed by atoms with Crippen molar-refractivity contribution in [2.24, 2.45) is 5.92 Å². The van der Waals surface area contributed by atoms with Gasteiger partial charge in [-0.05, 0) is 49.4 Å². The number of H-pyrrole nitrogens is 1. The van der Waals surface area contributed by atoms with Gasteiger partial charge in [-0.15, -0.1) is 0 Å². The van der Waals surface area contributed by atoms with E-state index in [1.54, 1.807) is 24.5 Å². The number of benzene rings is 1. The number of carbonyl (C=O) groups excluding carboxylic acids is 1. The lowest BCUT2D eigenvalue weighted by Gasteiger charge is -2.40. The fourth-order valence-corrected chi connectivity index (χ4v) is 5.61. The molecule has 4 heterocycles. The third-order valence-corrected chi connectivity index (χ3v) is 7.13. The Morgan fingerprint density at radius 3 is 2.78 bits per heavy atom. The second kappa shape index (κ2) is 8.79. The Labute approximate surface area is 197 Å². The van der Waals surface area contributed by atoms with E-state index in [4.69, 9.17) is 23.2 Å². The van der Waals surface area contributed by atoms with Gasteiger partial charge >= 0.3 is 0 Å². The number of carbonyl (C=O) groups is 1. The average Bonchev–Trinajstić information content (AvgIpc) is 3.42. The monoisotopic (exact) mass is 472 g/mol. The van der Waals surface area contributed by atoms with E-state index in [0.29, 0.717) is 28.9 Å². The van der Waals surface area contributed by atoms with Gasteiger partial charge in [-0.3, -0.25) is 4.79 Å². The summed E-state index contributed by atoms with van der Waals surface area (Å²) in [6, 6.07) is 7.24. The summed E-state index contributed by atoms with van der Waals surface area (Å²) in [7, 11) is 0. The highest BCUT2D eigenvalue weighted by atomic mass is 35.5. The van der Waals surface area contributed by atoms with Gasteiger partial charge in [0, 0.05) is 41.6 Å². The van der Waals surface area contributed by atoms with Crippen LogP contribution in [-0.4, -0.2) is 57.5 Å². The number of aromatic nitrogens is 3. The van der Waals surface area contributed by atoms with Crippen LogP contribution in [0.15, 0.2) is 36.8 Å². The molecule has 2 fully saturated rings. The van der Waals surface area contributed by atoms with Crippen LogP contribution in [0.25, 0.3) is 11.0 Å². The summed E-state index contributed by atoms with van der Waals surface area (Å²) >= 11 is 12.3. The molecule has 7 nitrogen and oxygen atoms in total. The molecule has 2 N–H and O–H groups in total. The number of piperidine rings is 1. The number of hydrogen-bond donors (Lipinski definition) is 2. The van der Waals surface area contributed by atoms with Crippen molar-refractivity contribution in [1.29, 1.82) is 0 Å². The van der Waals surface area contributed by atoms with Crippen LogP contribution in [0.1, 0.15) is 26.2 Å². The Hall–Kier alpha value is -2.51. The molecule has 9 heteroatoms. The quantitative estimate of drug-likeness (QED) is 0.567. The number of rotatable bonds is 5. The summed E-state index contributed by atoms with van der Waals surface area (Å²) in [5.41, 5.74) is 1.61. The molecule has 0 bridgehead atoms. The number of likely N-dealkylation sites (tertiary alicyclic amines) is 1. The molecule has 0 spiro atoms. The molecule has 2 aliphatic rings. The summed E-state index contributed by atoms with van der Waals surface area (Å²) < 4.78 is 0. The van der Waals surface area contributed by atoms with Crippen molar-refractivity contribution in [3.63, 3.8) is 0 Å². The highest BCUT2D eigenvalue weighted by Gasteiger charge is 2.41. The average molecular weight is 473 g/mol. The minimum atomic E-state index is -0.327. The highest BCUT2D eigenvalue weighted by Crippen LogP contribution is 2.37. The number of halogens is 2. The zero-order valence-electron chi connectivity index (χ0n) is 17.9. The second-order valence-corrected chi connectivity index (χ2v) is 9.46. The van der Waals surface area contributed by atoms with Crippen molar-refractivity contribution in [2.45, 2.75) is 38.3 Å². The predicted molar refractivity (Wildman–Crippen MR) is 128 cm³/mol. The summed E-state index contributed by atoms with van der Waals surface area (Å²) in [5.74, 6) is 1.64. The Bertz CT molecular complexity index is 1110. The number of anilines is 2. The van der Waals surface area contributed by atoms with Gasteiger partial charge in [0.15, 0.2) is 0 Å². The lowest BCUT2D eigenvalue weighted by Crippen LogP contribution is -2.53. The van der Waals surface area contributed by atoms with Crippen LogP contribution in [0.3, 0.4) is 0 Å². The largest absolute Gasteiger partial charge is 0.374 e. The van der Waals surface area contributed by atoms with Crippen LogP contribution in [0.5, 0.6) is 0 Å². The SMILES string of the molecule is CC[C@@H](Nc1cc(Cl)cc(Cl)c1)C(=O)N1CCC2CCN(c3ncnc4[nH]ccc34)C2C1. The molecule has 168 valence electrons. The van der Waals surface area contributed by atoms with Crippen LogP contribution in [0, 0.1) is 5.92 Å². The van der Waals surface area contributed by atoms with Gasteiger partial charge in [-0.25, -0.2) is 9.97 Å². The minimum absolute atomic E-state index is 0.114. The third kappa shape index (κ3) is 3.99. The molecule has 2 saturated heterocycles. The minimum Gasteiger partial charge on any atom is -0.374 e. The molecule has 3 atom stereocenters. The van der Waals surface area contributed by atoms with Crippen molar-refractivity contribution >= 4 is 51.6 Å². The standard InChI is InChI=1S/C23H26Cl2N6O/c1-2-19(29-17-10-15(24)9-16(25)11-17)23(32)30-7-4-14-5-8-31(20(14)12-30)22-18-3-6-26-21(18)27-13-28-22/h3,6,9-11,13-14,19-20,29H,2,4-5,7-8,12H2,1H3,(H,26,27,28)/t14?,19-,20?/m1/s1. The Morgan fingerprint density at radius 1 is 1.22 bits per heavy atom. The number of fused-ring (bicyclic) bond motifs is 2. The maximum absolute atomic E-state index is 13.5. The molecule has 1 amide bonds. The fraction of sp³-hybridized carbons (Fsp3) is 0.435. The molecule has 5 rings (SSSR count). The van der Waals surface area contributed by atoms with Crippen LogP contribution in [-0.2, 0) is 4.79 Å². The molecule has 3 aromatic rings. The second-order valence-electron chi connectivity index (χ2n) is 8.58. The summed E-state index contributed by atoms with van der Waals surface area (Å²) in [4.78, 5) is 29.9.